The van der Waals surface area contributed by atoms with E-state index in [1.54, 1.807) is 19.0 Å². The number of aliphatic hydroxyl groups excluding tert-OH is 2. The van der Waals surface area contributed by atoms with Gasteiger partial charge < -0.3 is 46.8 Å². The number of carbonyl (C=O) groups is 4. The fraction of sp³-hybridized carbons (Fsp3) is 0.355. The van der Waals surface area contributed by atoms with Crippen molar-refractivity contribution < 1.29 is 57.9 Å². The van der Waals surface area contributed by atoms with Gasteiger partial charge in [-0.2, -0.15) is 13.2 Å². The number of fused-ring (bicyclic) bond motifs is 3. The average molecular weight is 676 g/mol. The second kappa shape index (κ2) is 11.4. The first-order valence-corrected chi connectivity index (χ1v) is 14.4. The predicted octanol–water partition coefficient (Wildman–Crippen LogP) is 2.40. The molecular formula is C31H32F3N5O9. The number of benzene rings is 2. The zero-order chi connectivity index (χ0) is 35.8. The van der Waals surface area contributed by atoms with E-state index in [1.165, 1.54) is 25.1 Å². The van der Waals surface area contributed by atoms with Crippen molar-refractivity contribution in [2.24, 2.45) is 17.6 Å². The summed E-state index contributed by atoms with van der Waals surface area (Å²) in [7, 11) is 6.15. The Kier molecular flexibility index (Phi) is 8.12. The Morgan fingerprint density at radius 3 is 2.19 bits per heavy atom. The van der Waals surface area contributed by atoms with Crippen molar-refractivity contribution in [2.45, 2.75) is 30.7 Å². The van der Waals surface area contributed by atoms with Crippen LogP contribution in [0.1, 0.15) is 23.1 Å². The Bertz CT molecular complexity index is 1850. The number of likely N-dealkylation sites (N-methyl/N-ethyl adjacent to an activating group) is 1. The van der Waals surface area contributed by atoms with E-state index < -0.39 is 98.6 Å². The van der Waals surface area contributed by atoms with Gasteiger partial charge in [0, 0.05) is 31.3 Å². The third-order valence-corrected chi connectivity index (χ3v) is 8.98. The number of rotatable bonds is 5. The van der Waals surface area contributed by atoms with Gasteiger partial charge in [-0.15, -0.1) is 0 Å². The maximum Gasteiger partial charge on any atom is 0.418 e. The third kappa shape index (κ3) is 5.14. The molecular weight excluding hydrogens is 643 g/mol. The highest BCUT2D eigenvalue weighted by molar-refractivity contribution is 6.24. The molecule has 5 rings (SSSR count). The second-order valence-electron chi connectivity index (χ2n) is 12.3. The molecule has 17 heteroatoms. The van der Waals surface area contributed by atoms with Gasteiger partial charge in [-0.25, -0.2) is 4.79 Å². The van der Waals surface area contributed by atoms with E-state index in [0.29, 0.717) is 17.3 Å². The summed E-state index contributed by atoms with van der Waals surface area (Å²) in [5, 5.41) is 59.5. The van der Waals surface area contributed by atoms with E-state index in [0.717, 1.165) is 12.1 Å². The smallest absolute Gasteiger partial charge is 0.418 e. The number of nitrogens with one attached hydrogen (secondary N) is 2. The number of hydrogen-bond donors (Lipinski definition) is 8. The molecule has 0 aliphatic heterocycles. The van der Waals surface area contributed by atoms with Gasteiger partial charge in [0.15, 0.2) is 17.1 Å². The first-order chi connectivity index (χ1) is 22.2. The number of aromatic hydroxyl groups is 2. The molecule has 0 spiro atoms. The van der Waals surface area contributed by atoms with Crippen molar-refractivity contribution in [3.8, 4) is 11.5 Å². The van der Waals surface area contributed by atoms with Gasteiger partial charge in [0.1, 0.15) is 22.8 Å². The van der Waals surface area contributed by atoms with E-state index in [4.69, 9.17) is 5.73 Å². The molecule has 0 saturated heterocycles. The van der Waals surface area contributed by atoms with Crippen LogP contribution in [0.4, 0.5) is 35.0 Å². The van der Waals surface area contributed by atoms with Crippen LogP contribution in [0.3, 0.4) is 0 Å². The summed E-state index contributed by atoms with van der Waals surface area (Å²) >= 11 is 0. The van der Waals surface area contributed by atoms with Gasteiger partial charge in [-0.05, 0) is 62.7 Å². The number of halogens is 3. The molecule has 2 aromatic carbocycles. The molecule has 3 aliphatic carbocycles. The minimum absolute atomic E-state index is 0.0372. The number of amides is 3. The maximum absolute atomic E-state index is 14.1. The van der Waals surface area contributed by atoms with Crippen LogP contribution in [0.25, 0.3) is 5.76 Å². The number of carbonyl (C=O) groups excluding carboxylic acids is 4. The SMILES string of the molecule is CN(C)c1cc(NC(=O)Nc2ccc(O)cc2C(F)(F)F)c(O)c2c1C[C@H]1C[C@H]3[C@H](N(C)C)C(=O)C(C(N)=O)=C(O)[C@@]3(O)C(=O)C1=C2O. The number of phenols is 2. The van der Waals surface area contributed by atoms with Crippen molar-refractivity contribution in [3.05, 3.63) is 57.9 Å². The molecule has 14 nitrogen and oxygen atoms in total. The fourth-order valence-electron chi connectivity index (χ4n) is 6.94. The van der Waals surface area contributed by atoms with Gasteiger partial charge in [-0.3, -0.25) is 19.3 Å². The highest BCUT2D eigenvalue weighted by Gasteiger charge is 2.64. The minimum Gasteiger partial charge on any atom is -0.508 e. The molecule has 0 unspecified atom stereocenters. The molecule has 0 aromatic heterocycles. The highest BCUT2D eigenvalue weighted by Crippen LogP contribution is 2.54. The molecule has 0 bridgehead atoms. The normalized spacial score (nSPS) is 23.8. The number of phenolic OH excluding ortho intramolecular Hbond substituents is 2. The summed E-state index contributed by atoms with van der Waals surface area (Å²) in [5.74, 6) is -9.20. The van der Waals surface area contributed by atoms with Gasteiger partial charge in [0.25, 0.3) is 5.91 Å². The summed E-state index contributed by atoms with van der Waals surface area (Å²) in [6.07, 6.45) is -5.13. The first-order valence-electron chi connectivity index (χ1n) is 14.4. The largest absolute Gasteiger partial charge is 0.508 e. The van der Waals surface area contributed by atoms with Gasteiger partial charge >= 0.3 is 12.2 Å². The van der Waals surface area contributed by atoms with Crippen LogP contribution >= 0.6 is 0 Å². The number of primary amides is 1. The lowest BCUT2D eigenvalue weighted by molar-refractivity contribution is -0.153. The van der Waals surface area contributed by atoms with Crippen LogP contribution in [0.5, 0.6) is 11.5 Å². The van der Waals surface area contributed by atoms with Crippen LogP contribution in [0, 0.1) is 11.8 Å². The Balaban J connectivity index is 1.62. The van der Waals surface area contributed by atoms with Crippen molar-refractivity contribution in [1.82, 2.24) is 4.90 Å². The molecule has 4 atom stereocenters. The number of Topliss-reactive ketones (excluding diaryl/α,β-unsaturated/α-hetero) is 2. The standard InChI is InChI=1S/C31H32F3N5O9/c1-38(2)18-10-17(37-29(47)36-16-6-5-12(40)9-14(16)31(32,33)34)23(41)20-13(18)7-11-8-15-22(39(3)4)25(43)21(28(35)46)27(45)30(15,48)26(44)19(11)24(20)42/h5-6,9-11,15,22,40-42,45,48H,7-8H2,1-4H3,(H2,35,46)(H2,36,37,47)/t11-,15-,22-,30-/m0/s1. The zero-order valence-corrected chi connectivity index (χ0v) is 25.9. The molecule has 2 aromatic rings. The molecule has 48 heavy (non-hydrogen) atoms. The van der Waals surface area contributed by atoms with Crippen molar-refractivity contribution in [2.75, 3.05) is 43.7 Å². The predicted molar refractivity (Wildman–Crippen MR) is 164 cm³/mol. The number of aliphatic hydroxyl groups is 3. The number of nitrogens with two attached hydrogens (primary N) is 1. The van der Waals surface area contributed by atoms with Crippen molar-refractivity contribution >= 4 is 46.3 Å². The molecule has 3 amide bonds. The van der Waals surface area contributed by atoms with Crippen LogP contribution in [-0.2, 0) is 27.0 Å². The van der Waals surface area contributed by atoms with E-state index in [9.17, 15) is 57.9 Å². The lowest BCUT2D eigenvalue weighted by Gasteiger charge is -2.50. The number of ketones is 2. The molecule has 9 N–H and O–H groups in total. The van der Waals surface area contributed by atoms with Crippen molar-refractivity contribution in [1.29, 1.82) is 0 Å². The second-order valence-corrected chi connectivity index (χ2v) is 12.3. The summed E-state index contributed by atoms with van der Waals surface area (Å²) in [6, 6.07) is 0.961. The Labute approximate surface area is 270 Å². The van der Waals surface area contributed by atoms with Crippen LogP contribution in [0.15, 0.2) is 41.2 Å². The molecule has 1 fully saturated rings. The third-order valence-electron chi connectivity index (χ3n) is 8.98. The Morgan fingerprint density at radius 2 is 1.62 bits per heavy atom. The fourth-order valence-corrected chi connectivity index (χ4v) is 6.94. The number of nitrogens with zero attached hydrogens (tertiary/aromatic N) is 2. The molecule has 1 saturated carbocycles. The minimum atomic E-state index is -4.95. The monoisotopic (exact) mass is 675 g/mol. The van der Waals surface area contributed by atoms with Gasteiger partial charge in [-0.1, -0.05) is 0 Å². The Hall–Kier alpha value is -5.29. The lowest BCUT2D eigenvalue weighted by atomic mass is 9.57. The number of anilines is 3. The highest BCUT2D eigenvalue weighted by atomic mass is 19.4. The van der Waals surface area contributed by atoms with Gasteiger partial charge in [0.2, 0.25) is 5.78 Å². The summed E-state index contributed by atoms with van der Waals surface area (Å²) in [6.45, 7) is 0. The summed E-state index contributed by atoms with van der Waals surface area (Å²) in [5.41, 5.74) is -1.08. The Morgan fingerprint density at radius 1 is 1.00 bits per heavy atom. The number of hydrogen-bond acceptors (Lipinski definition) is 11. The molecule has 256 valence electrons. The number of urea groups is 1. The van der Waals surface area contributed by atoms with E-state index in [1.807, 2.05) is 5.32 Å². The van der Waals surface area contributed by atoms with Crippen molar-refractivity contribution in [3.63, 3.8) is 0 Å². The van der Waals surface area contributed by atoms with E-state index in [2.05, 4.69) is 5.32 Å². The zero-order valence-electron chi connectivity index (χ0n) is 25.9. The lowest BCUT2D eigenvalue weighted by Crippen LogP contribution is -2.65. The van der Waals surface area contributed by atoms with Crippen LogP contribution in [0.2, 0.25) is 0 Å². The maximum atomic E-state index is 14.1. The van der Waals surface area contributed by atoms with Crippen LogP contribution in [-0.4, -0.2) is 93.8 Å². The number of alkyl halides is 3. The topological polar surface area (TPSA) is 226 Å². The summed E-state index contributed by atoms with van der Waals surface area (Å²) in [4.78, 5) is 55.4. The molecule has 0 heterocycles. The summed E-state index contributed by atoms with van der Waals surface area (Å²) < 4.78 is 40.6. The van der Waals surface area contributed by atoms with Gasteiger partial charge in [0.05, 0.1) is 28.5 Å². The van der Waals surface area contributed by atoms with E-state index in [-0.39, 0.29) is 24.1 Å². The average Bonchev–Trinajstić information content (AvgIpc) is 2.96. The first kappa shape index (κ1) is 34.1. The quantitative estimate of drug-likeness (QED) is 0.130. The molecule has 3 aliphatic rings. The van der Waals surface area contributed by atoms with Crippen LogP contribution < -0.4 is 21.3 Å². The molecule has 0 radical (unpaired) electrons. The van der Waals surface area contributed by atoms with E-state index >= 15 is 0 Å².